The van der Waals surface area contributed by atoms with Gasteiger partial charge in [0.15, 0.2) is 0 Å². The van der Waals surface area contributed by atoms with Crippen LogP contribution in [0.25, 0.3) is 0 Å². The molecule has 4 bridgehead atoms. The van der Waals surface area contributed by atoms with Crippen molar-refractivity contribution in [3.8, 4) is 0 Å². The highest BCUT2D eigenvalue weighted by molar-refractivity contribution is 5.63. The van der Waals surface area contributed by atoms with E-state index in [2.05, 4.69) is 48.5 Å². The van der Waals surface area contributed by atoms with Crippen LogP contribution in [-0.2, 0) is 24.1 Å². The minimum atomic E-state index is -0.0238. The van der Waals surface area contributed by atoms with Crippen molar-refractivity contribution in [3.63, 3.8) is 0 Å². The van der Waals surface area contributed by atoms with E-state index in [1.807, 2.05) is 0 Å². The molecule has 0 fully saturated rings. The molecule has 0 saturated carbocycles. The molecule has 0 radical (unpaired) electrons. The van der Waals surface area contributed by atoms with E-state index >= 15 is 0 Å². The molecular weight excluding hydrogens is 220 g/mol. The summed E-state index contributed by atoms with van der Waals surface area (Å²) in [5.41, 5.74) is 5.07. The molecular formula is C17H16O. The van der Waals surface area contributed by atoms with Crippen LogP contribution in [-0.4, -0.2) is 6.29 Å². The zero-order chi connectivity index (χ0) is 12.4. The molecule has 0 spiro atoms. The third kappa shape index (κ3) is 2.21. The van der Waals surface area contributed by atoms with Gasteiger partial charge in [0.05, 0.1) is 0 Å². The summed E-state index contributed by atoms with van der Waals surface area (Å²) in [5, 5.41) is 0. The highest BCUT2D eigenvalue weighted by Crippen LogP contribution is 2.22. The lowest BCUT2D eigenvalue weighted by molar-refractivity contribution is -0.109. The zero-order valence-corrected chi connectivity index (χ0v) is 10.3. The summed E-state index contributed by atoms with van der Waals surface area (Å²) < 4.78 is 0. The van der Waals surface area contributed by atoms with Gasteiger partial charge in [0.1, 0.15) is 6.29 Å². The van der Waals surface area contributed by atoms with Gasteiger partial charge >= 0.3 is 0 Å². The van der Waals surface area contributed by atoms with E-state index in [1.54, 1.807) is 0 Å². The Kier molecular flexibility index (Phi) is 2.97. The van der Waals surface area contributed by atoms with Gasteiger partial charge in [0.2, 0.25) is 0 Å². The summed E-state index contributed by atoms with van der Waals surface area (Å²) in [6, 6.07) is 17.2. The van der Waals surface area contributed by atoms with Crippen molar-refractivity contribution < 1.29 is 4.79 Å². The van der Waals surface area contributed by atoms with Crippen LogP contribution in [0.2, 0.25) is 0 Å². The van der Waals surface area contributed by atoms with Crippen molar-refractivity contribution in [2.45, 2.75) is 25.2 Å². The fraction of sp³-hybridized carbons (Fsp3) is 0.235. The summed E-state index contributed by atoms with van der Waals surface area (Å²) in [6.45, 7) is 0. The van der Waals surface area contributed by atoms with E-state index in [-0.39, 0.29) is 5.92 Å². The van der Waals surface area contributed by atoms with Gasteiger partial charge in [-0.25, -0.2) is 0 Å². The summed E-state index contributed by atoms with van der Waals surface area (Å²) in [5.74, 6) is -0.0238. The van der Waals surface area contributed by atoms with Crippen LogP contribution in [0.4, 0.5) is 0 Å². The van der Waals surface area contributed by atoms with E-state index < -0.39 is 0 Å². The topological polar surface area (TPSA) is 17.1 Å². The Balaban J connectivity index is 2.04. The third-order valence-corrected chi connectivity index (χ3v) is 3.75. The fourth-order valence-corrected chi connectivity index (χ4v) is 2.56. The number of benzene rings is 2. The molecule has 0 heterocycles. The monoisotopic (exact) mass is 236 g/mol. The second kappa shape index (κ2) is 4.77. The highest BCUT2D eigenvalue weighted by Gasteiger charge is 2.12. The van der Waals surface area contributed by atoms with E-state index in [1.165, 1.54) is 16.7 Å². The van der Waals surface area contributed by atoms with Crippen LogP contribution in [0, 0.1) is 0 Å². The summed E-state index contributed by atoms with van der Waals surface area (Å²) >= 11 is 0. The second-order valence-corrected chi connectivity index (χ2v) is 5.00. The molecule has 1 heteroatoms. The molecule has 18 heavy (non-hydrogen) atoms. The first-order valence-electron chi connectivity index (χ1n) is 6.47. The first-order valence-corrected chi connectivity index (χ1v) is 6.47. The van der Waals surface area contributed by atoms with Gasteiger partial charge in [-0.2, -0.15) is 0 Å². The lowest BCUT2D eigenvalue weighted by Crippen LogP contribution is -2.06. The molecule has 0 aliphatic heterocycles. The molecule has 0 aromatic heterocycles. The van der Waals surface area contributed by atoms with Crippen LogP contribution >= 0.6 is 0 Å². The first-order chi connectivity index (χ1) is 8.85. The first kappa shape index (κ1) is 11.2. The van der Waals surface area contributed by atoms with Crippen molar-refractivity contribution in [1.29, 1.82) is 0 Å². The lowest BCUT2D eigenvalue weighted by atomic mass is 9.90. The molecule has 6 rings (SSSR count). The van der Waals surface area contributed by atoms with Gasteiger partial charge < -0.3 is 4.79 Å². The smallest absolute Gasteiger partial charge is 0.127 e. The summed E-state index contributed by atoms with van der Waals surface area (Å²) in [4.78, 5) is 11.3. The van der Waals surface area contributed by atoms with E-state index in [0.717, 1.165) is 31.1 Å². The number of hydrogen-bond donors (Lipinski definition) is 0. The van der Waals surface area contributed by atoms with Crippen LogP contribution < -0.4 is 0 Å². The van der Waals surface area contributed by atoms with Gasteiger partial charge in [0.25, 0.3) is 0 Å². The molecule has 1 atom stereocenters. The minimum absolute atomic E-state index is 0.0238. The maximum atomic E-state index is 11.3. The molecule has 2 aromatic rings. The average molecular weight is 236 g/mol. The number of rotatable bonds is 1. The standard InChI is InChI=1S/C17H16O/c18-12-17-11-15-5-3-13(4-6-15)1-2-14-7-9-16(17)10-8-14/h3-10,12,17H,1-2,11H2. The van der Waals surface area contributed by atoms with Crippen LogP contribution in [0.3, 0.4) is 0 Å². The Bertz CT molecular complexity index is 537. The number of carbonyl (C=O) groups excluding carboxylic acids is 1. The Morgan fingerprint density at radius 2 is 1.28 bits per heavy atom. The predicted molar refractivity (Wildman–Crippen MR) is 72.8 cm³/mol. The van der Waals surface area contributed by atoms with Crippen molar-refractivity contribution >= 4 is 6.29 Å². The molecule has 1 nitrogen and oxygen atoms in total. The predicted octanol–water partition coefficient (Wildman–Crippen LogP) is 3.31. The van der Waals surface area contributed by atoms with Crippen LogP contribution in [0.5, 0.6) is 0 Å². The van der Waals surface area contributed by atoms with Gasteiger partial charge in [0, 0.05) is 5.92 Å². The van der Waals surface area contributed by atoms with Crippen LogP contribution in [0.15, 0.2) is 48.5 Å². The SMILES string of the molecule is O=CC1Cc2ccc(cc2)CCc2ccc1cc2. The Morgan fingerprint density at radius 1 is 0.778 bits per heavy atom. The molecule has 2 aromatic carbocycles. The molecule has 90 valence electrons. The maximum Gasteiger partial charge on any atom is 0.127 e. The summed E-state index contributed by atoms with van der Waals surface area (Å²) in [6.07, 6.45) is 4.00. The van der Waals surface area contributed by atoms with Crippen molar-refractivity contribution in [2.75, 3.05) is 0 Å². The van der Waals surface area contributed by atoms with E-state index in [0.29, 0.717) is 0 Å². The van der Waals surface area contributed by atoms with Crippen molar-refractivity contribution in [2.24, 2.45) is 0 Å². The molecule has 4 aliphatic carbocycles. The normalized spacial score (nSPS) is 18.1. The molecule has 0 amide bonds. The largest absolute Gasteiger partial charge is 0.303 e. The number of carbonyl (C=O) groups is 1. The molecule has 0 N–H and O–H groups in total. The second-order valence-electron chi connectivity index (χ2n) is 5.00. The Morgan fingerprint density at radius 3 is 1.83 bits per heavy atom. The maximum absolute atomic E-state index is 11.3. The molecule has 1 unspecified atom stereocenters. The van der Waals surface area contributed by atoms with Gasteiger partial charge in [-0.1, -0.05) is 48.5 Å². The quantitative estimate of drug-likeness (QED) is 0.694. The van der Waals surface area contributed by atoms with Crippen LogP contribution in [0.1, 0.15) is 28.2 Å². The van der Waals surface area contributed by atoms with Gasteiger partial charge in [-0.15, -0.1) is 0 Å². The van der Waals surface area contributed by atoms with Crippen molar-refractivity contribution in [1.82, 2.24) is 0 Å². The molecule has 4 aliphatic rings. The zero-order valence-electron chi connectivity index (χ0n) is 10.3. The Hall–Kier alpha value is -1.89. The van der Waals surface area contributed by atoms with E-state index in [4.69, 9.17) is 0 Å². The minimum Gasteiger partial charge on any atom is -0.303 e. The van der Waals surface area contributed by atoms with E-state index in [9.17, 15) is 4.79 Å². The number of aldehydes is 1. The molecule has 0 saturated heterocycles. The highest BCUT2D eigenvalue weighted by atomic mass is 16.1. The average Bonchev–Trinajstić information content (AvgIpc) is 2.42. The van der Waals surface area contributed by atoms with Gasteiger partial charge in [-0.3, -0.25) is 0 Å². The number of aryl methyl sites for hydroxylation is 2. The third-order valence-electron chi connectivity index (χ3n) is 3.75. The fourth-order valence-electron chi connectivity index (χ4n) is 2.56. The summed E-state index contributed by atoms with van der Waals surface area (Å²) in [7, 11) is 0. The van der Waals surface area contributed by atoms with Crippen molar-refractivity contribution in [3.05, 3.63) is 70.8 Å². The Labute approximate surface area is 107 Å². The van der Waals surface area contributed by atoms with Gasteiger partial charge in [-0.05, 0) is 41.5 Å². The number of hydrogen-bond acceptors (Lipinski definition) is 1. The lowest BCUT2D eigenvalue weighted by Gasteiger charge is -2.14.